The van der Waals surface area contributed by atoms with E-state index in [1.807, 2.05) is 36.4 Å². The summed E-state index contributed by atoms with van der Waals surface area (Å²) in [6.45, 7) is 0.302. The second-order valence-electron chi connectivity index (χ2n) is 23.4. The number of aromatic nitrogens is 18. The van der Waals surface area contributed by atoms with Gasteiger partial charge in [-0.25, -0.2) is 43.1 Å². The Labute approximate surface area is 516 Å². The molecule has 9 atom stereocenters. The highest BCUT2D eigenvalue weighted by Gasteiger charge is 2.57. The van der Waals surface area contributed by atoms with Gasteiger partial charge in [0.15, 0.2) is 51.0 Å². The molecule has 0 radical (unpaired) electrons. The van der Waals surface area contributed by atoms with Gasteiger partial charge in [0, 0.05) is 55.6 Å². The fraction of sp³-hybridized carbons (Fsp3) is 0.286. The van der Waals surface area contributed by atoms with Gasteiger partial charge in [-0.2, -0.15) is 15.0 Å². The zero-order chi connectivity index (χ0) is 62.3. The van der Waals surface area contributed by atoms with Crippen LogP contribution < -0.4 is 16.7 Å². The zero-order valence-corrected chi connectivity index (χ0v) is 49.4. The van der Waals surface area contributed by atoms with Crippen LogP contribution in [0, 0.1) is 53.0 Å². The molecule has 1 N–H and O–H groups in total. The summed E-state index contributed by atoms with van der Waals surface area (Å²) in [5.74, 6) is 5.86. The molecule has 0 unspecified atom stereocenters. The summed E-state index contributed by atoms with van der Waals surface area (Å²) in [5, 5.41) is 12.2. The number of fused-ring (bicyclic) bond motifs is 6. The molecule has 12 aromatic rings. The molecule has 91 heavy (non-hydrogen) atoms. The highest BCUT2D eigenvalue weighted by molar-refractivity contribution is 6.16. The number of nitrogens with zero attached hydrogens (tertiary/aromatic N) is 17. The molecule has 9 heterocycles. The van der Waals surface area contributed by atoms with E-state index in [1.54, 1.807) is 72.0 Å². The van der Waals surface area contributed by atoms with Crippen LogP contribution in [-0.2, 0) is 40.1 Å². The number of imidazole rings is 3. The van der Waals surface area contributed by atoms with Crippen molar-refractivity contribution in [3.8, 4) is 0 Å². The van der Waals surface area contributed by atoms with Gasteiger partial charge in [-0.05, 0) is 89.7 Å². The van der Waals surface area contributed by atoms with E-state index < -0.39 is 0 Å². The van der Waals surface area contributed by atoms with Gasteiger partial charge in [-0.15, -0.1) is 11.6 Å². The number of benzene rings is 3. The van der Waals surface area contributed by atoms with Crippen LogP contribution in [0.15, 0.2) is 157 Å². The summed E-state index contributed by atoms with van der Waals surface area (Å²) in [4.78, 5) is 76.6. The quantitative estimate of drug-likeness (QED) is 0.119. The third kappa shape index (κ3) is 10.6. The van der Waals surface area contributed by atoms with Gasteiger partial charge in [0.1, 0.15) is 49.1 Å². The Morgan fingerprint density at radius 2 is 0.835 bits per heavy atom. The number of hydrogen-bond donors (Lipinski definition) is 1. The molecule has 9 aromatic heterocycles. The highest BCUT2D eigenvalue weighted by atomic mass is 35.5. The minimum absolute atomic E-state index is 0.151. The maximum Gasteiger partial charge on any atom is 0.280 e. The van der Waals surface area contributed by atoms with Crippen molar-refractivity contribution in [2.24, 2.45) is 56.7 Å². The molecule has 0 aliphatic heterocycles. The van der Waals surface area contributed by atoms with Crippen molar-refractivity contribution in [3.63, 3.8) is 0 Å². The first-order valence-electron chi connectivity index (χ1n) is 29.2. The average molecular weight is 1250 g/mol. The lowest BCUT2D eigenvalue weighted by molar-refractivity contribution is 0.363. The van der Waals surface area contributed by atoms with Crippen LogP contribution in [0.4, 0.5) is 13.2 Å². The molecule has 6 aliphatic rings. The second-order valence-corrected chi connectivity index (χ2v) is 23.6. The van der Waals surface area contributed by atoms with E-state index in [0.29, 0.717) is 121 Å². The standard InChI is InChI=1S/2C21H17FN6O2.C15H12ClFN2O.C6H6N4O/c2*1-27-9-23-20-18(27)21(29)28(10-24-20)8-16-25-19(26-30-16)17-13-6-11(7-14(13)17)12-4-2-3-5-15(12)22;16-7-13-18-15(19-20-13)14-10-5-8(6-11(10)14)9-3-1-2-4-12(9)17;1-10-3-9-5-4(10)6(11)8-2-7-5/h2*2-6,9-10,13-14,17H,7-8H2,1H3;1-5,10-11,14H,6-7H2;2-3H,1H3,(H,7,8,11)/t2*13-,14+,17+;10-,11+,14+;/m100./s1. The van der Waals surface area contributed by atoms with Gasteiger partial charge < -0.3 is 32.3 Å². The number of allylic oxidation sites excluding steroid dienone is 6. The SMILES string of the molecule is Cn1cnc2nc[nH]c(=O)c21.Cn1cnc2ncn(Cc3nc([C@@H]4[C@H]5C=C(c6ccccc6F)C[C@H]54)no3)c(=O)c21.Cn1cnc2ncn(Cc3nc([C@H]4[C@@H]5C=C(c6ccccc6F)C[C@@H]54)no3)c(=O)c21.Fc1ccccc1C1=C[C@H]2[C@@H](C1)[C@@H]2c1noc(CCl)n1. The Hall–Kier alpha value is -10.6. The second kappa shape index (κ2) is 22.8. The van der Waals surface area contributed by atoms with Crippen LogP contribution in [0.25, 0.3) is 50.2 Å². The molecule has 6 aliphatic carbocycles. The largest absolute Gasteiger partial charge is 0.338 e. The number of alkyl halides is 1. The molecule has 0 spiro atoms. The van der Waals surface area contributed by atoms with E-state index in [0.717, 1.165) is 41.8 Å². The maximum absolute atomic E-state index is 14.0. The maximum atomic E-state index is 14.0. The monoisotopic (exact) mass is 1250 g/mol. The zero-order valence-electron chi connectivity index (χ0n) is 48.6. The number of H-pyrrole nitrogens is 1. The fourth-order valence-electron chi connectivity index (χ4n) is 13.2. The topological polar surface area (TPSA) is 286 Å². The van der Waals surface area contributed by atoms with Crippen molar-refractivity contribution in [2.45, 2.75) is 56.0 Å². The van der Waals surface area contributed by atoms with Crippen molar-refractivity contribution in [2.75, 3.05) is 0 Å². The molecular weight excluding hydrogens is 1200 g/mol. The van der Waals surface area contributed by atoms with E-state index in [4.69, 9.17) is 25.2 Å². The summed E-state index contributed by atoms with van der Waals surface area (Å²) in [5.41, 5.74) is 7.35. The van der Waals surface area contributed by atoms with Crippen LogP contribution in [0.5, 0.6) is 0 Å². The number of nitrogens with one attached hydrogen (secondary N) is 1. The first-order chi connectivity index (χ1) is 44.3. The van der Waals surface area contributed by atoms with Gasteiger partial charge in [-0.3, -0.25) is 23.5 Å². The lowest BCUT2D eigenvalue weighted by Crippen LogP contribution is -2.22. The third-order valence-electron chi connectivity index (χ3n) is 17.9. The van der Waals surface area contributed by atoms with Crippen molar-refractivity contribution < 1.29 is 26.7 Å². The lowest BCUT2D eigenvalue weighted by Gasteiger charge is -2.06. The Kier molecular flexibility index (Phi) is 14.2. The van der Waals surface area contributed by atoms with E-state index in [9.17, 15) is 27.6 Å². The van der Waals surface area contributed by atoms with Crippen molar-refractivity contribution in [1.29, 1.82) is 0 Å². The molecule has 3 aromatic carbocycles. The summed E-state index contributed by atoms with van der Waals surface area (Å²) in [6.07, 6.45) is 17.8. The van der Waals surface area contributed by atoms with E-state index in [-0.39, 0.29) is 64.9 Å². The third-order valence-corrected chi connectivity index (χ3v) is 18.1. The van der Waals surface area contributed by atoms with Gasteiger partial charge in [0.05, 0.1) is 25.3 Å². The molecule has 3 saturated carbocycles. The van der Waals surface area contributed by atoms with Crippen LogP contribution in [0.3, 0.4) is 0 Å². The number of halogens is 4. The first kappa shape index (κ1) is 56.9. The Morgan fingerprint density at radius 1 is 0.484 bits per heavy atom. The molecule has 458 valence electrons. The molecule has 3 fully saturated rings. The summed E-state index contributed by atoms with van der Waals surface area (Å²) < 4.78 is 65.4. The predicted molar refractivity (Wildman–Crippen MR) is 321 cm³/mol. The lowest BCUT2D eigenvalue weighted by atomic mass is 10.0. The number of aryl methyl sites for hydroxylation is 3. The fourth-order valence-corrected chi connectivity index (χ4v) is 13.3. The van der Waals surface area contributed by atoms with Crippen LogP contribution in [0.2, 0.25) is 0 Å². The number of hydrogen-bond acceptors (Lipinski definition) is 18. The molecular formula is C63H52ClF3N18O6. The summed E-state index contributed by atoms with van der Waals surface area (Å²) in [7, 11) is 5.26. The van der Waals surface area contributed by atoms with Crippen molar-refractivity contribution in [3.05, 3.63) is 229 Å². The van der Waals surface area contributed by atoms with Crippen molar-refractivity contribution >= 4 is 61.8 Å². The predicted octanol–water partition coefficient (Wildman–Crippen LogP) is 8.46. The van der Waals surface area contributed by atoms with Gasteiger partial charge in [-0.1, -0.05) is 88.3 Å². The molecule has 24 nitrogen and oxygen atoms in total. The van der Waals surface area contributed by atoms with Crippen LogP contribution in [0.1, 0.15) is 88.9 Å². The first-order valence-corrected chi connectivity index (χ1v) is 29.8. The molecule has 18 rings (SSSR count). The van der Waals surface area contributed by atoms with Gasteiger partial charge >= 0.3 is 0 Å². The van der Waals surface area contributed by atoms with Gasteiger partial charge in [0.25, 0.3) is 16.7 Å². The molecule has 28 heteroatoms. The van der Waals surface area contributed by atoms with Crippen molar-refractivity contribution in [1.82, 2.24) is 88.1 Å². The average Bonchev–Trinajstić information content (AvgIpc) is 1.59. The minimum atomic E-state index is -0.208. The Balaban J connectivity index is 0.000000106. The van der Waals surface area contributed by atoms with E-state index >= 15 is 0 Å². The normalized spacial score (nSPS) is 22.0. The minimum Gasteiger partial charge on any atom is -0.338 e. The number of aromatic amines is 1. The van der Waals surface area contributed by atoms with Crippen LogP contribution in [-0.4, -0.2) is 88.1 Å². The van der Waals surface area contributed by atoms with Gasteiger partial charge in [0.2, 0.25) is 17.7 Å². The molecule has 0 bridgehead atoms. The molecule has 0 saturated heterocycles. The summed E-state index contributed by atoms with van der Waals surface area (Å²) >= 11 is 5.66. The van der Waals surface area contributed by atoms with E-state index in [1.165, 1.54) is 46.3 Å². The summed E-state index contributed by atoms with van der Waals surface area (Å²) in [6, 6.07) is 20.6. The molecule has 0 amide bonds. The highest BCUT2D eigenvalue weighted by Crippen LogP contribution is 2.65. The van der Waals surface area contributed by atoms with E-state index in [2.05, 4.69) is 83.5 Å². The van der Waals surface area contributed by atoms with Crippen LogP contribution >= 0.6 is 11.6 Å². The Bertz CT molecular complexity index is 4900. The smallest absolute Gasteiger partial charge is 0.280 e. The number of rotatable bonds is 11. The Morgan fingerprint density at radius 3 is 1.19 bits per heavy atom.